The second-order valence-electron chi connectivity index (χ2n) is 8.66. The first-order valence-corrected chi connectivity index (χ1v) is 11.3. The van der Waals surface area contributed by atoms with Crippen molar-refractivity contribution in [2.45, 2.75) is 37.6 Å². The highest BCUT2D eigenvalue weighted by Gasteiger charge is 2.52. The van der Waals surface area contributed by atoms with Crippen molar-refractivity contribution in [2.24, 2.45) is 5.92 Å². The maximum atomic E-state index is 14.1. The van der Waals surface area contributed by atoms with Crippen molar-refractivity contribution in [1.29, 1.82) is 0 Å². The average molecular weight is 451 g/mol. The molecule has 1 fully saturated rings. The Hall–Kier alpha value is -3.19. The number of carbonyl (C=O) groups excluding carboxylic acids is 2. The minimum atomic E-state index is -1.02. The molecule has 172 valence electrons. The number of rotatable bonds is 6. The van der Waals surface area contributed by atoms with Crippen LogP contribution in [-0.2, 0) is 19.1 Å². The quantitative estimate of drug-likeness (QED) is 0.653. The van der Waals surface area contributed by atoms with Crippen molar-refractivity contribution in [3.8, 4) is 11.5 Å². The number of alkyl halides is 1. The number of Topliss-reactive ketones (excluding diaryl/α,β-unsaturated/α-hetero) is 1. The first-order valence-electron chi connectivity index (χ1n) is 11.3. The molecule has 0 spiro atoms. The van der Waals surface area contributed by atoms with Crippen LogP contribution in [0.4, 0.5) is 4.39 Å². The topological polar surface area (TPSA) is 65.1 Å². The summed E-state index contributed by atoms with van der Waals surface area (Å²) in [6, 6.07) is 16.1. The number of fused-ring (bicyclic) bond motifs is 1. The van der Waals surface area contributed by atoms with Gasteiger partial charge < -0.3 is 19.1 Å². The van der Waals surface area contributed by atoms with Gasteiger partial charge in [-0.3, -0.25) is 9.59 Å². The van der Waals surface area contributed by atoms with Crippen LogP contribution in [0.5, 0.6) is 11.5 Å². The van der Waals surface area contributed by atoms with E-state index in [-0.39, 0.29) is 23.9 Å². The van der Waals surface area contributed by atoms with E-state index in [0.717, 1.165) is 5.56 Å². The average Bonchev–Trinajstić information content (AvgIpc) is 3.11. The van der Waals surface area contributed by atoms with Gasteiger partial charge in [0.05, 0.1) is 24.1 Å². The number of methoxy groups -OCH3 is 1. The third kappa shape index (κ3) is 4.02. The Bertz CT molecular complexity index is 1090. The molecule has 33 heavy (non-hydrogen) atoms. The molecule has 1 amide bonds. The van der Waals surface area contributed by atoms with Crippen LogP contribution in [0, 0.1) is 5.92 Å². The summed E-state index contributed by atoms with van der Waals surface area (Å²) >= 11 is 0. The zero-order chi connectivity index (χ0) is 22.9. The molecule has 1 aliphatic carbocycles. The van der Waals surface area contributed by atoms with Crippen LogP contribution in [0.3, 0.4) is 0 Å². The molecule has 0 aromatic heterocycles. The SMILES string of the molecule is COCCN1C(=O)C2=C(C(=O)C3CC(F)CCC3O2)C1c1cccc(Oc2ccccc2)c1. The summed E-state index contributed by atoms with van der Waals surface area (Å²) in [6.45, 7) is 0.616. The number of hydrogen-bond acceptors (Lipinski definition) is 5. The van der Waals surface area contributed by atoms with Crippen LogP contribution in [0.15, 0.2) is 65.9 Å². The number of ketones is 1. The molecule has 0 bridgehead atoms. The maximum Gasteiger partial charge on any atom is 0.290 e. The molecule has 2 aromatic rings. The molecule has 1 saturated carbocycles. The van der Waals surface area contributed by atoms with Gasteiger partial charge in [-0.2, -0.15) is 0 Å². The van der Waals surface area contributed by atoms with E-state index in [4.69, 9.17) is 14.2 Å². The van der Waals surface area contributed by atoms with E-state index in [0.29, 0.717) is 43.1 Å². The Kier molecular flexibility index (Phi) is 5.89. The van der Waals surface area contributed by atoms with Gasteiger partial charge >= 0.3 is 0 Å². The highest BCUT2D eigenvalue weighted by atomic mass is 19.1. The van der Waals surface area contributed by atoms with Crippen molar-refractivity contribution < 1.29 is 28.2 Å². The summed E-state index contributed by atoms with van der Waals surface area (Å²) in [5.41, 5.74) is 1.06. The Morgan fingerprint density at radius 2 is 1.85 bits per heavy atom. The third-order valence-electron chi connectivity index (χ3n) is 6.57. The molecular weight excluding hydrogens is 425 g/mol. The van der Waals surface area contributed by atoms with Gasteiger partial charge in [0.25, 0.3) is 5.91 Å². The zero-order valence-corrected chi connectivity index (χ0v) is 18.4. The van der Waals surface area contributed by atoms with Gasteiger partial charge in [0, 0.05) is 13.7 Å². The van der Waals surface area contributed by atoms with Crippen LogP contribution in [0.2, 0.25) is 0 Å². The third-order valence-corrected chi connectivity index (χ3v) is 6.57. The molecular formula is C26H26FNO5. The number of carbonyl (C=O) groups is 2. The lowest BCUT2D eigenvalue weighted by Crippen LogP contribution is -2.42. The lowest BCUT2D eigenvalue weighted by Gasteiger charge is -2.36. The Labute approximate surface area is 191 Å². The predicted molar refractivity (Wildman–Crippen MR) is 118 cm³/mol. The second-order valence-corrected chi connectivity index (χ2v) is 8.66. The fourth-order valence-electron chi connectivity index (χ4n) is 5.00. The van der Waals surface area contributed by atoms with E-state index in [2.05, 4.69) is 0 Å². The minimum absolute atomic E-state index is 0.106. The summed E-state index contributed by atoms with van der Waals surface area (Å²) in [5, 5.41) is 0. The minimum Gasteiger partial charge on any atom is -0.483 e. The van der Waals surface area contributed by atoms with Crippen molar-refractivity contribution >= 4 is 11.7 Å². The molecule has 0 saturated heterocycles. The molecule has 2 aromatic carbocycles. The van der Waals surface area contributed by atoms with Gasteiger partial charge in [-0.1, -0.05) is 30.3 Å². The zero-order valence-electron chi connectivity index (χ0n) is 18.4. The van der Waals surface area contributed by atoms with Gasteiger partial charge in [0.2, 0.25) is 0 Å². The van der Waals surface area contributed by atoms with E-state index < -0.39 is 24.2 Å². The normalized spacial score (nSPS) is 26.7. The van der Waals surface area contributed by atoms with E-state index in [1.165, 1.54) is 0 Å². The van der Waals surface area contributed by atoms with Gasteiger partial charge in [0.15, 0.2) is 11.5 Å². The van der Waals surface area contributed by atoms with Crippen molar-refractivity contribution in [3.63, 3.8) is 0 Å². The summed E-state index contributed by atoms with van der Waals surface area (Å²) in [5.74, 6) is 0.314. The lowest BCUT2D eigenvalue weighted by atomic mass is 9.77. The number of amides is 1. The number of para-hydroxylation sites is 1. The van der Waals surface area contributed by atoms with Crippen LogP contribution in [0.1, 0.15) is 30.9 Å². The number of halogens is 1. The largest absolute Gasteiger partial charge is 0.483 e. The van der Waals surface area contributed by atoms with Crippen LogP contribution in [-0.4, -0.2) is 49.1 Å². The van der Waals surface area contributed by atoms with E-state index in [9.17, 15) is 14.0 Å². The molecule has 7 heteroatoms. The molecule has 2 aliphatic heterocycles. The van der Waals surface area contributed by atoms with Crippen LogP contribution < -0.4 is 4.74 Å². The van der Waals surface area contributed by atoms with E-state index in [1.807, 2.05) is 54.6 Å². The summed E-state index contributed by atoms with van der Waals surface area (Å²) in [6.07, 6.45) is -0.547. The molecule has 0 radical (unpaired) electrons. The molecule has 2 heterocycles. The number of nitrogens with zero attached hydrogens (tertiary/aromatic N) is 1. The Morgan fingerprint density at radius 1 is 1.06 bits per heavy atom. The van der Waals surface area contributed by atoms with Crippen molar-refractivity contribution in [1.82, 2.24) is 4.90 Å². The predicted octanol–water partition coefficient (Wildman–Crippen LogP) is 4.37. The van der Waals surface area contributed by atoms with Crippen LogP contribution in [0.25, 0.3) is 0 Å². The maximum absolute atomic E-state index is 14.1. The summed E-state index contributed by atoms with van der Waals surface area (Å²) in [4.78, 5) is 28.5. The molecule has 6 nitrogen and oxygen atoms in total. The van der Waals surface area contributed by atoms with E-state index in [1.54, 1.807) is 12.0 Å². The first-order chi connectivity index (χ1) is 16.1. The number of hydrogen-bond donors (Lipinski definition) is 0. The van der Waals surface area contributed by atoms with Crippen LogP contribution >= 0.6 is 0 Å². The fourth-order valence-corrected chi connectivity index (χ4v) is 5.00. The molecule has 4 atom stereocenters. The number of benzene rings is 2. The lowest BCUT2D eigenvalue weighted by molar-refractivity contribution is -0.136. The first kappa shape index (κ1) is 21.6. The molecule has 5 rings (SSSR count). The van der Waals surface area contributed by atoms with Gasteiger partial charge in [0.1, 0.15) is 23.8 Å². The van der Waals surface area contributed by atoms with Gasteiger partial charge in [-0.15, -0.1) is 0 Å². The smallest absolute Gasteiger partial charge is 0.290 e. The Morgan fingerprint density at radius 3 is 2.64 bits per heavy atom. The second kappa shape index (κ2) is 8.98. The van der Waals surface area contributed by atoms with Crippen molar-refractivity contribution in [3.05, 3.63) is 71.5 Å². The highest BCUT2D eigenvalue weighted by Crippen LogP contribution is 2.47. The van der Waals surface area contributed by atoms with Crippen molar-refractivity contribution in [2.75, 3.05) is 20.3 Å². The monoisotopic (exact) mass is 451 g/mol. The fraction of sp³-hybridized carbons (Fsp3) is 0.385. The highest BCUT2D eigenvalue weighted by molar-refractivity contribution is 6.11. The standard InChI is InChI=1S/C26H26FNO5/c1-31-13-12-28-23(16-6-5-9-19(14-16)32-18-7-3-2-4-8-18)22-24(29)20-15-17(27)10-11-21(20)33-25(22)26(28)30/h2-9,14,17,20-21,23H,10-13,15H2,1H3. The molecule has 4 unspecified atom stereocenters. The van der Waals surface area contributed by atoms with Gasteiger partial charge in [-0.05, 0) is 49.1 Å². The summed E-state index contributed by atoms with van der Waals surface area (Å²) < 4.78 is 31.4. The Balaban J connectivity index is 1.52. The number of ether oxygens (including phenoxy) is 3. The molecule has 3 aliphatic rings. The van der Waals surface area contributed by atoms with Gasteiger partial charge in [-0.25, -0.2) is 4.39 Å². The van der Waals surface area contributed by atoms with E-state index >= 15 is 0 Å². The summed E-state index contributed by atoms with van der Waals surface area (Å²) in [7, 11) is 1.56. The molecule has 0 N–H and O–H groups in total.